The molecule has 0 spiro atoms. The first-order chi connectivity index (χ1) is 15.8. The van der Waals surface area contributed by atoms with Gasteiger partial charge in [-0.05, 0) is 37.4 Å². The first-order valence-electron chi connectivity index (χ1n) is 9.78. The molecule has 2 aromatic carbocycles. The second kappa shape index (κ2) is 9.26. The Balaban J connectivity index is 0.00000342. The van der Waals surface area contributed by atoms with Gasteiger partial charge in [-0.1, -0.05) is 12.5 Å². The molecule has 0 N–H and O–H groups in total. The summed E-state index contributed by atoms with van der Waals surface area (Å²) >= 11 is 0. The van der Waals surface area contributed by atoms with Crippen LogP contribution in [0.4, 0.5) is 30.7 Å². The van der Waals surface area contributed by atoms with Gasteiger partial charge in [0.05, 0.1) is 16.8 Å². The number of nitrogens with zero attached hydrogens (tertiary/aromatic N) is 4. The third-order valence-corrected chi connectivity index (χ3v) is 5.43. The molecule has 12 heteroatoms. The van der Waals surface area contributed by atoms with Crippen LogP contribution in [0.1, 0.15) is 36.4 Å². The predicted octanol–water partition coefficient (Wildman–Crippen LogP) is 5.87. The first-order valence-corrected chi connectivity index (χ1v) is 9.78. The molecule has 4 nitrogen and oxygen atoms in total. The van der Waals surface area contributed by atoms with Crippen molar-refractivity contribution < 1.29 is 51.8 Å². The molecular weight excluding hydrogens is 660 g/mol. The largest absolute Gasteiger partial charge is 2.00 e. The minimum Gasteiger partial charge on any atom is -0.284 e. The topological polar surface area (TPSA) is 35.6 Å². The summed E-state index contributed by atoms with van der Waals surface area (Å²) in [5.41, 5.74) is -3.35. The maximum absolute atomic E-state index is 14.5. The summed E-state index contributed by atoms with van der Waals surface area (Å²) in [5, 5.41) is 8.45. The van der Waals surface area contributed by atoms with Gasteiger partial charge in [0.1, 0.15) is 0 Å². The fourth-order valence-corrected chi connectivity index (χ4v) is 3.36. The molecule has 0 unspecified atom stereocenters. The standard InChI is InChI=1S/C23H15F7N4.Pt/c1-12-13(24)4-6-15(20(12)26)33-10-8-17(31-33)22(2,3)18-9-11-34(32-18)16-7-5-14(25)19(21(16)27)23(28,29)30;/h4-5,8-11H,1-3H3;/q-2;+2. The Morgan fingerprint density at radius 3 is 1.71 bits per heavy atom. The van der Waals surface area contributed by atoms with Crippen molar-refractivity contribution in [2.75, 3.05) is 0 Å². The van der Waals surface area contributed by atoms with Crippen LogP contribution in [0.2, 0.25) is 0 Å². The van der Waals surface area contributed by atoms with E-state index in [9.17, 15) is 30.7 Å². The van der Waals surface area contributed by atoms with E-state index in [4.69, 9.17) is 0 Å². The quantitative estimate of drug-likeness (QED) is 0.201. The van der Waals surface area contributed by atoms with Crippen molar-refractivity contribution >= 4 is 0 Å². The molecule has 0 atom stereocenters. The van der Waals surface area contributed by atoms with E-state index in [0.717, 1.165) is 10.7 Å². The van der Waals surface area contributed by atoms with Crippen molar-refractivity contribution in [3.8, 4) is 11.4 Å². The SMILES string of the molecule is Cc1c(F)c[c-]c(-n2ccc(C(C)(C)c3ccn(-c4[c-]cc(F)c(C(F)(F)F)c4F)n3)n2)c1F.[Pt+2]. The van der Waals surface area contributed by atoms with Gasteiger partial charge in [-0.25, -0.2) is 0 Å². The van der Waals surface area contributed by atoms with Crippen molar-refractivity contribution in [3.63, 3.8) is 0 Å². The molecule has 0 bridgehead atoms. The molecule has 0 radical (unpaired) electrons. The summed E-state index contributed by atoms with van der Waals surface area (Å²) in [6.07, 6.45) is -2.60. The number of alkyl halides is 3. The zero-order valence-electron chi connectivity index (χ0n) is 18.2. The van der Waals surface area contributed by atoms with Crippen molar-refractivity contribution in [1.82, 2.24) is 19.6 Å². The van der Waals surface area contributed by atoms with Crippen LogP contribution in [-0.2, 0) is 32.7 Å². The Morgan fingerprint density at radius 2 is 1.23 bits per heavy atom. The molecule has 0 saturated carbocycles. The van der Waals surface area contributed by atoms with Gasteiger partial charge in [-0.3, -0.25) is 26.9 Å². The molecular formula is C23H15F7N4Pt. The summed E-state index contributed by atoms with van der Waals surface area (Å²) in [5.74, 6) is -5.22. The van der Waals surface area contributed by atoms with E-state index in [1.165, 1.54) is 30.1 Å². The molecule has 2 aromatic heterocycles. The van der Waals surface area contributed by atoms with Crippen LogP contribution in [0.5, 0.6) is 0 Å². The third kappa shape index (κ3) is 4.66. The average Bonchev–Trinajstić information content (AvgIpc) is 3.42. The maximum Gasteiger partial charge on any atom is 2.00 e. The van der Waals surface area contributed by atoms with E-state index in [-0.39, 0.29) is 38.0 Å². The van der Waals surface area contributed by atoms with Crippen LogP contribution >= 0.6 is 0 Å². The fourth-order valence-electron chi connectivity index (χ4n) is 3.36. The minimum atomic E-state index is -5.24. The summed E-state index contributed by atoms with van der Waals surface area (Å²) in [6.45, 7) is 4.65. The zero-order valence-corrected chi connectivity index (χ0v) is 20.5. The smallest absolute Gasteiger partial charge is 0.284 e. The Morgan fingerprint density at radius 1 is 0.771 bits per heavy atom. The van der Waals surface area contributed by atoms with E-state index in [1.807, 2.05) is 0 Å². The van der Waals surface area contributed by atoms with Gasteiger partial charge >= 0.3 is 27.2 Å². The number of hydrogen-bond donors (Lipinski definition) is 0. The van der Waals surface area contributed by atoms with Crippen LogP contribution in [0.3, 0.4) is 0 Å². The molecule has 0 saturated heterocycles. The Kier molecular flexibility index (Phi) is 7.05. The number of halogens is 7. The van der Waals surface area contributed by atoms with E-state index in [0.29, 0.717) is 11.8 Å². The Hall–Kier alpha value is -2.94. The van der Waals surface area contributed by atoms with Crippen molar-refractivity contribution in [2.24, 2.45) is 0 Å². The fraction of sp³-hybridized carbons (Fsp3) is 0.217. The number of aromatic nitrogens is 4. The van der Waals surface area contributed by atoms with Gasteiger partial charge in [0.15, 0.2) is 0 Å². The molecule has 0 aliphatic rings. The summed E-state index contributed by atoms with van der Waals surface area (Å²) < 4.78 is 97.2. The van der Waals surface area contributed by atoms with Crippen LogP contribution in [-0.4, -0.2) is 19.6 Å². The Labute approximate surface area is 209 Å². The van der Waals surface area contributed by atoms with Crippen molar-refractivity contribution in [3.05, 3.63) is 94.6 Å². The molecule has 4 aromatic rings. The summed E-state index contributed by atoms with van der Waals surface area (Å²) in [6, 6.07) is 8.98. The predicted molar refractivity (Wildman–Crippen MR) is 106 cm³/mol. The van der Waals surface area contributed by atoms with Crippen LogP contribution in [0.25, 0.3) is 11.4 Å². The van der Waals surface area contributed by atoms with Gasteiger partial charge in [0.2, 0.25) is 0 Å². The summed E-state index contributed by atoms with van der Waals surface area (Å²) in [4.78, 5) is 0. The monoisotopic (exact) mass is 675 g/mol. The number of benzene rings is 2. The Bertz CT molecular complexity index is 1390. The molecule has 0 aliphatic heterocycles. The van der Waals surface area contributed by atoms with Gasteiger partial charge < -0.3 is 0 Å². The second-order valence-electron chi connectivity index (χ2n) is 8.01. The molecule has 4 rings (SSSR count). The van der Waals surface area contributed by atoms with Crippen molar-refractivity contribution in [2.45, 2.75) is 32.4 Å². The van der Waals surface area contributed by atoms with Gasteiger partial charge in [-0.2, -0.15) is 35.5 Å². The summed E-state index contributed by atoms with van der Waals surface area (Å²) in [7, 11) is 0. The molecule has 0 amide bonds. The van der Waals surface area contributed by atoms with Gasteiger partial charge in [0.25, 0.3) is 0 Å². The van der Waals surface area contributed by atoms with Gasteiger partial charge in [-0.15, -0.1) is 12.1 Å². The van der Waals surface area contributed by atoms with Crippen LogP contribution < -0.4 is 0 Å². The number of rotatable bonds is 4. The van der Waals surface area contributed by atoms with E-state index >= 15 is 0 Å². The van der Waals surface area contributed by atoms with E-state index in [2.05, 4.69) is 22.3 Å². The molecule has 0 aliphatic carbocycles. The first kappa shape index (κ1) is 26.7. The third-order valence-electron chi connectivity index (χ3n) is 5.43. The molecule has 35 heavy (non-hydrogen) atoms. The van der Waals surface area contributed by atoms with Crippen molar-refractivity contribution in [1.29, 1.82) is 0 Å². The van der Waals surface area contributed by atoms with E-state index < -0.39 is 46.1 Å². The zero-order chi connectivity index (χ0) is 25.0. The molecule has 0 fully saturated rings. The van der Waals surface area contributed by atoms with Gasteiger partial charge in [0, 0.05) is 41.2 Å². The van der Waals surface area contributed by atoms with Crippen LogP contribution in [0.15, 0.2) is 36.7 Å². The number of hydrogen-bond acceptors (Lipinski definition) is 2. The molecule has 186 valence electrons. The second-order valence-corrected chi connectivity index (χ2v) is 8.01. The minimum absolute atomic E-state index is 0. The molecule has 2 heterocycles. The maximum atomic E-state index is 14.5. The average molecular weight is 675 g/mol. The van der Waals surface area contributed by atoms with E-state index in [1.54, 1.807) is 19.9 Å². The normalized spacial score (nSPS) is 12.1. The van der Waals surface area contributed by atoms with Crippen LogP contribution in [0, 0.1) is 42.3 Å².